The summed E-state index contributed by atoms with van der Waals surface area (Å²) in [5.41, 5.74) is 8.80. The molecule has 3 N–H and O–H groups in total. The van der Waals surface area contributed by atoms with Crippen LogP contribution in [0.3, 0.4) is 0 Å². The van der Waals surface area contributed by atoms with Crippen LogP contribution in [0.2, 0.25) is 0 Å². The Morgan fingerprint density at radius 2 is 1.71 bits per heavy atom. The number of nitrogens with one attached hydrogen (secondary N) is 1. The fraction of sp³-hybridized carbons (Fsp3) is 0.261. The number of benzene rings is 2. The number of hydrogen-bond donors (Lipinski definition) is 2. The maximum absolute atomic E-state index is 12.5. The Labute approximate surface area is 213 Å². The molecule has 35 heavy (non-hydrogen) atoms. The van der Waals surface area contributed by atoms with Crippen LogP contribution in [0.5, 0.6) is 17.2 Å². The van der Waals surface area contributed by atoms with Crippen molar-refractivity contribution in [1.29, 1.82) is 0 Å². The van der Waals surface area contributed by atoms with Crippen molar-refractivity contribution in [1.82, 2.24) is 9.69 Å². The summed E-state index contributed by atoms with van der Waals surface area (Å²) in [5.74, 6) is 1.02. The molecule has 0 spiro atoms. The third-order valence-corrected chi connectivity index (χ3v) is 5.54. The molecule has 10 nitrogen and oxygen atoms in total. The van der Waals surface area contributed by atoms with Crippen molar-refractivity contribution in [2.45, 2.75) is 6.42 Å². The number of nitrogens with two attached hydrogens (primary N) is 1. The molecule has 188 valence electrons. The van der Waals surface area contributed by atoms with Gasteiger partial charge in [-0.3, -0.25) is 9.63 Å². The molecule has 0 radical (unpaired) electrons. The van der Waals surface area contributed by atoms with E-state index < -0.39 is 11.9 Å². The van der Waals surface area contributed by atoms with Gasteiger partial charge in [0.05, 0.1) is 39.8 Å². The van der Waals surface area contributed by atoms with Crippen molar-refractivity contribution in [3.05, 3.63) is 41.8 Å². The summed E-state index contributed by atoms with van der Waals surface area (Å²) in [4.78, 5) is 28.7. The number of methoxy groups -OCH3 is 3. The summed E-state index contributed by atoms with van der Waals surface area (Å²) in [6, 6.07) is 10.4. The second-order valence-electron chi connectivity index (χ2n) is 6.97. The Morgan fingerprint density at radius 3 is 2.29 bits per heavy atom. The Kier molecular flexibility index (Phi) is 10.1. The molecule has 0 aliphatic carbocycles. The van der Waals surface area contributed by atoms with E-state index >= 15 is 0 Å². The lowest BCUT2D eigenvalue weighted by Gasteiger charge is -2.20. The number of primary amides is 1. The molecule has 1 heterocycles. The van der Waals surface area contributed by atoms with Gasteiger partial charge in [0.25, 0.3) is 0 Å². The summed E-state index contributed by atoms with van der Waals surface area (Å²) < 4.78 is 20.9. The average molecular weight is 523 g/mol. The van der Waals surface area contributed by atoms with Gasteiger partial charge in [0, 0.05) is 29.5 Å². The Bertz CT molecular complexity index is 1150. The van der Waals surface area contributed by atoms with Gasteiger partial charge >= 0.3 is 6.03 Å². The van der Waals surface area contributed by atoms with Gasteiger partial charge < -0.3 is 25.3 Å². The molecule has 0 aliphatic rings. The van der Waals surface area contributed by atoms with Gasteiger partial charge in [0.15, 0.2) is 11.5 Å². The number of rotatable bonds is 10. The van der Waals surface area contributed by atoms with Gasteiger partial charge in [0.2, 0.25) is 11.7 Å². The zero-order valence-electron chi connectivity index (χ0n) is 19.7. The third kappa shape index (κ3) is 6.32. The highest BCUT2D eigenvalue weighted by atomic mass is 35.5. The van der Waals surface area contributed by atoms with E-state index in [0.717, 1.165) is 27.4 Å². The fourth-order valence-corrected chi connectivity index (χ4v) is 4.05. The maximum Gasteiger partial charge on any atom is 0.346 e. The van der Waals surface area contributed by atoms with E-state index in [0.29, 0.717) is 22.9 Å². The first-order valence-corrected chi connectivity index (χ1v) is 11.0. The Morgan fingerprint density at radius 1 is 1.03 bits per heavy atom. The van der Waals surface area contributed by atoms with Crippen LogP contribution in [0, 0.1) is 0 Å². The predicted molar refractivity (Wildman–Crippen MR) is 137 cm³/mol. The van der Waals surface area contributed by atoms with E-state index in [9.17, 15) is 9.59 Å². The predicted octanol–water partition coefficient (Wildman–Crippen LogP) is 3.88. The monoisotopic (exact) mass is 522 g/mol. The number of urea groups is 1. The molecule has 0 atom stereocenters. The lowest BCUT2D eigenvalue weighted by atomic mass is 10.0. The van der Waals surface area contributed by atoms with E-state index in [1.807, 2.05) is 35.7 Å². The molecule has 0 aliphatic heterocycles. The van der Waals surface area contributed by atoms with Gasteiger partial charge in [-0.2, -0.15) is 9.44 Å². The van der Waals surface area contributed by atoms with E-state index in [1.54, 1.807) is 27.4 Å². The zero-order chi connectivity index (χ0) is 24.7. The normalized spacial score (nSPS) is 10.2. The average Bonchev–Trinajstić information content (AvgIpc) is 3.33. The van der Waals surface area contributed by atoms with Crippen LogP contribution in [-0.2, 0) is 9.63 Å². The molecule has 0 saturated heterocycles. The minimum absolute atomic E-state index is 0. The third-order valence-electron chi connectivity index (χ3n) is 4.91. The molecule has 0 unspecified atom stereocenters. The van der Waals surface area contributed by atoms with Gasteiger partial charge in [-0.15, -0.1) is 12.4 Å². The second-order valence-corrected chi connectivity index (χ2v) is 7.60. The molecule has 0 bridgehead atoms. The van der Waals surface area contributed by atoms with Gasteiger partial charge in [-0.1, -0.05) is 12.1 Å². The van der Waals surface area contributed by atoms with Crippen molar-refractivity contribution in [3.63, 3.8) is 0 Å². The molecule has 3 amide bonds. The van der Waals surface area contributed by atoms with E-state index in [-0.39, 0.29) is 25.4 Å². The van der Waals surface area contributed by atoms with E-state index in [1.165, 1.54) is 18.6 Å². The van der Waals surface area contributed by atoms with Crippen LogP contribution in [0.25, 0.3) is 22.4 Å². The number of hydroxylamine groups is 1. The standard InChI is InChI=1S/C23H26N4O6S.ClH/c1-30-18-11-15(12-19(31-2)22(18)32-3)21-17(13-34-26-21)14-6-5-7-16(10-14)27(33-4)23(29)25-9-8-20(24)28;/h5-7,10-13H,8-9H2,1-4H3,(H2,24,28)(H,25,29);1H. The number of halogens is 1. The lowest BCUT2D eigenvalue weighted by Crippen LogP contribution is -2.40. The van der Waals surface area contributed by atoms with Crippen LogP contribution in [-0.4, -0.2) is 51.3 Å². The molecule has 0 saturated carbocycles. The van der Waals surface area contributed by atoms with Crippen LogP contribution < -0.4 is 30.3 Å². The van der Waals surface area contributed by atoms with Crippen LogP contribution in [0.15, 0.2) is 41.8 Å². The number of nitrogens with zero attached hydrogens (tertiary/aromatic N) is 2. The molecular formula is C23H27ClN4O6S. The summed E-state index contributed by atoms with van der Waals surface area (Å²) in [7, 11) is 6.04. The van der Waals surface area contributed by atoms with Crippen molar-refractivity contribution in [3.8, 4) is 39.6 Å². The molecule has 0 fully saturated rings. The van der Waals surface area contributed by atoms with Crippen molar-refractivity contribution < 1.29 is 28.6 Å². The minimum atomic E-state index is -0.519. The van der Waals surface area contributed by atoms with Gasteiger partial charge in [0.1, 0.15) is 0 Å². The van der Waals surface area contributed by atoms with Crippen LogP contribution >= 0.6 is 23.9 Å². The lowest BCUT2D eigenvalue weighted by molar-refractivity contribution is -0.117. The largest absolute Gasteiger partial charge is 0.493 e. The van der Waals surface area contributed by atoms with Gasteiger partial charge in [-0.25, -0.2) is 4.79 Å². The summed E-state index contributed by atoms with van der Waals surface area (Å²) >= 11 is 1.30. The molecule has 12 heteroatoms. The number of carbonyl (C=O) groups is 2. The number of aromatic nitrogens is 1. The highest BCUT2D eigenvalue weighted by Gasteiger charge is 2.20. The highest BCUT2D eigenvalue weighted by Crippen LogP contribution is 2.43. The SMILES string of the molecule is COc1cc(-c2nscc2-c2cccc(N(OC)C(=O)NCCC(N)=O)c2)cc(OC)c1OC.Cl. The smallest absolute Gasteiger partial charge is 0.346 e. The molecular weight excluding hydrogens is 496 g/mol. The Hall–Kier alpha value is -3.54. The maximum atomic E-state index is 12.5. The zero-order valence-corrected chi connectivity index (χ0v) is 21.3. The molecule has 1 aromatic heterocycles. The molecule has 2 aromatic carbocycles. The summed E-state index contributed by atoms with van der Waals surface area (Å²) in [5, 5.41) is 5.62. The second kappa shape index (κ2) is 12.8. The molecule has 3 aromatic rings. The number of anilines is 1. The van der Waals surface area contributed by atoms with Crippen molar-refractivity contribution in [2.75, 3.05) is 40.0 Å². The number of ether oxygens (including phenoxy) is 3. The first kappa shape index (κ1) is 27.7. The van der Waals surface area contributed by atoms with Crippen LogP contribution in [0.4, 0.5) is 10.5 Å². The number of carbonyl (C=O) groups excluding carboxylic acids is 2. The quantitative estimate of drug-likeness (QED) is 0.387. The Balaban J connectivity index is 0.00000432. The number of amides is 3. The summed E-state index contributed by atoms with van der Waals surface area (Å²) in [6.07, 6.45) is 0.0298. The summed E-state index contributed by atoms with van der Waals surface area (Å²) in [6.45, 7) is 0.105. The first-order chi connectivity index (χ1) is 16.4. The van der Waals surface area contributed by atoms with E-state index in [4.69, 9.17) is 24.8 Å². The topological polar surface area (TPSA) is 125 Å². The highest BCUT2D eigenvalue weighted by molar-refractivity contribution is 7.04. The first-order valence-electron chi connectivity index (χ1n) is 10.2. The van der Waals surface area contributed by atoms with Crippen LogP contribution in [0.1, 0.15) is 6.42 Å². The fourth-order valence-electron chi connectivity index (χ4n) is 3.34. The molecule has 3 rings (SSSR count). The number of hydrogen-bond acceptors (Lipinski definition) is 8. The van der Waals surface area contributed by atoms with E-state index in [2.05, 4.69) is 9.69 Å². The van der Waals surface area contributed by atoms with Crippen molar-refractivity contribution >= 4 is 41.6 Å². The van der Waals surface area contributed by atoms with Gasteiger partial charge in [-0.05, 0) is 41.4 Å². The minimum Gasteiger partial charge on any atom is -0.493 e. The van der Waals surface area contributed by atoms with Crippen molar-refractivity contribution in [2.24, 2.45) is 5.73 Å².